The molecule has 0 atom stereocenters. The summed E-state index contributed by atoms with van der Waals surface area (Å²) in [5.41, 5.74) is -2.06. The van der Waals surface area contributed by atoms with Crippen LogP contribution in [0.2, 0.25) is 0 Å². The number of nitrogens with zero attached hydrogens (tertiary/aromatic N) is 2. The van der Waals surface area contributed by atoms with Gasteiger partial charge in [-0.2, -0.15) is 13.2 Å². The summed E-state index contributed by atoms with van der Waals surface area (Å²) in [6.07, 6.45) is 0.482. The highest BCUT2D eigenvalue weighted by molar-refractivity contribution is 5.42. The molecule has 2 rings (SSSR count). The summed E-state index contributed by atoms with van der Waals surface area (Å²) in [7, 11) is 1.40. The minimum absolute atomic E-state index is 0.0859. The Kier molecular flexibility index (Phi) is 4.68. The molecule has 0 aromatic heterocycles. The highest BCUT2D eigenvalue weighted by atomic mass is 19.4. The van der Waals surface area contributed by atoms with Gasteiger partial charge in [0, 0.05) is 18.2 Å². The molecule has 1 aliphatic heterocycles. The van der Waals surface area contributed by atoms with E-state index in [4.69, 9.17) is 20.6 Å². The molecule has 0 N–H and O–H groups in total. The summed E-state index contributed by atoms with van der Waals surface area (Å²) in [6.45, 7) is 0.0817. The zero-order valence-electron chi connectivity index (χ0n) is 11.7. The molecule has 0 bridgehead atoms. The summed E-state index contributed by atoms with van der Waals surface area (Å²) in [5.74, 6) is 2.51. The Bertz CT molecular complexity index is 602. The number of ether oxygens (including phenoxy) is 3. The maximum absolute atomic E-state index is 13.0. The van der Waals surface area contributed by atoms with Crippen LogP contribution in [0.5, 0.6) is 5.75 Å². The first-order chi connectivity index (χ1) is 10.4. The molecule has 0 radical (unpaired) electrons. The third-order valence-corrected chi connectivity index (χ3v) is 2.94. The predicted octanol–water partition coefficient (Wildman–Crippen LogP) is 3.00. The number of hydrogen-bond acceptors (Lipinski definition) is 5. The molecule has 0 spiro atoms. The van der Waals surface area contributed by atoms with Gasteiger partial charge in [0.05, 0.1) is 6.61 Å². The van der Waals surface area contributed by atoms with Crippen LogP contribution < -0.4 is 4.74 Å². The summed E-state index contributed by atoms with van der Waals surface area (Å²) in [4.78, 5) is 0. The van der Waals surface area contributed by atoms with E-state index >= 15 is 0 Å². The van der Waals surface area contributed by atoms with E-state index in [1.807, 2.05) is 0 Å². The van der Waals surface area contributed by atoms with Crippen molar-refractivity contribution in [3.63, 3.8) is 0 Å². The lowest BCUT2D eigenvalue weighted by Gasteiger charge is -2.17. The lowest BCUT2D eigenvalue weighted by molar-refractivity contribution is -0.166. The van der Waals surface area contributed by atoms with E-state index in [1.165, 1.54) is 25.3 Å². The second kappa shape index (κ2) is 6.34. The molecule has 1 heterocycles. The molecule has 0 fully saturated rings. The van der Waals surface area contributed by atoms with Crippen LogP contribution in [0, 0.1) is 12.3 Å². The summed E-state index contributed by atoms with van der Waals surface area (Å²) >= 11 is 0. The molecule has 0 saturated carbocycles. The highest BCUT2D eigenvalue weighted by Crippen LogP contribution is 2.53. The zero-order chi connectivity index (χ0) is 16.2. The van der Waals surface area contributed by atoms with Crippen molar-refractivity contribution in [2.24, 2.45) is 10.2 Å². The van der Waals surface area contributed by atoms with Gasteiger partial charge in [-0.3, -0.25) is 0 Å². The maximum Gasteiger partial charge on any atom is 0.442 e. The fourth-order valence-electron chi connectivity index (χ4n) is 1.81. The normalized spacial score (nSPS) is 15.4. The number of benzene rings is 1. The monoisotopic (exact) mass is 314 g/mol. The lowest BCUT2D eigenvalue weighted by Crippen LogP contribution is -2.30. The summed E-state index contributed by atoms with van der Waals surface area (Å²) in [6, 6.07) is 4.00. The van der Waals surface area contributed by atoms with Crippen LogP contribution in [0.15, 0.2) is 28.4 Å². The van der Waals surface area contributed by atoms with Gasteiger partial charge >= 0.3 is 11.8 Å². The van der Waals surface area contributed by atoms with Crippen molar-refractivity contribution in [3.05, 3.63) is 29.3 Å². The molecular formula is C14H13F3N2O3. The van der Waals surface area contributed by atoms with E-state index in [-0.39, 0.29) is 31.3 Å². The van der Waals surface area contributed by atoms with E-state index in [0.29, 0.717) is 5.56 Å². The Morgan fingerprint density at radius 1 is 1.32 bits per heavy atom. The molecule has 0 amide bonds. The molecule has 0 saturated heterocycles. The van der Waals surface area contributed by atoms with Crippen LogP contribution in [-0.2, 0) is 21.7 Å². The first kappa shape index (κ1) is 16.3. The molecular weight excluding hydrogens is 301 g/mol. The highest BCUT2D eigenvalue weighted by Gasteiger charge is 2.65. The van der Waals surface area contributed by atoms with E-state index in [0.717, 1.165) is 0 Å². The van der Waals surface area contributed by atoms with Crippen molar-refractivity contribution in [1.82, 2.24) is 0 Å². The number of hydrogen-bond donors (Lipinski definition) is 0. The average molecular weight is 314 g/mol. The van der Waals surface area contributed by atoms with E-state index in [1.54, 1.807) is 0 Å². The van der Waals surface area contributed by atoms with Crippen molar-refractivity contribution in [2.45, 2.75) is 18.4 Å². The summed E-state index contributed by atoms with van der Waals surface area (Å²) in [5, 5.41) is 6.31. The third kappa shape index (κ3) is 3.21. The fraction of sp³-hybridized carbons (Fsp3) is 0.429. The van der Waals surface area contributed by atoms with Crippen LogP contribution in [0.4, 0.5) is 13.2 Å². The van der Waals surface area contributed by atoms with Crippen molar-refractivity contribution in [1.29, 1.82) is 0 Å². The van der Waals surface area contributed by atoms with E-state index < -0.39 is 11.8 Å². The zero-order valence-corrected chi connectivity index (χ0v) is 11.7. The number of alkyl halides is 3. The first-order valence-electron chi connectivity index (χ1n) is 6.22. The van der Waals surface area contributed by atoms with Crippen LogP contribution in [0.1, 0.15) is 11.1 Å². The van der Waals surface area contributed by atoms with Crippen LogP contribution in [-0.4, -0.2) is 26.7 Å². The van der Waals surface area contributed by atoms with E-state index in [2.05, 4.69) is 16.1 Å². The van der Waals surface area contributed by atoms with Gasteiger partial charge in [-0.25, -0.2) is 0 Å². The van der Waals surface area contributed by atoms with Gasteiger partial charge in [-0.05, 0) is 6.07 Å². The Labute approximate surface area is 125 Å². The Hall–Kier alpha value is -2.11. The van der Waals surface area contributed by atoms with Crippen LogP contribution in [0.25, 0.3) is 0 Å². The summed E-state index contributed by atoms with van der Waals surface area (Å²) < 4.78 is 54.3. The molecule has 22 heavy (non-hydrogen) atoms. The minimum Gasteiger partial charge on any atom is -0.467 e. The first-order valence-corrected chi connectivity index (χ1v) is 6.22. The molecule has 8 heteroatoms. The molecule has 1 aromatic rings. The topological polar surface area (TPSA) is 52.4 Å². The quantitative estimate of drug-likeness (QED) is 0.442. The SMILES string of the molecule is C#CCOCc1ccc(C2(C(F)(F)F)N=N2)cc1OCOC. The minimum atomic E-state index is -4.59. The Balaban J connectivity index is 2.25. The van der Waals surface area contributed by atoms with Gasteiger partial charge in [-0.1, -0.05) is 18.1 Å². The molecule has 0 unspecified atom stereocenters. The van der Waals surface area contributed by atoms with Crippen molar-refractivity contribution >= 4 is 0 Å². The van der Waals surface area contributed by atoms with Crippen molar-refractivity contribution in [2.75, 3.05) is 20.5 Å². The van der Waals surface area contributed by atoms with E-state index in [9.17, 15) is 13.2 Å². The Morgan fingerprint density at radius 3 is 2.59 bits per heavy atom. The van der Waals surface area contributed by atoms with Crippen LogP contribution >= 0.6 is 0 Å². The lowest BCUT2D eigenvalue weighted by atomic mass is 10.0. The molecule has 1 aliphatic rings. The van der Waals surface area contributed by atoms with Gasteiger partial charge in [0.15, 0.2) is 6.79 Å². The Morgan fingerprint density at radius 2 is 2.05 bits per heavy atom. The maximum atomic E-state index is 13.0. The second-order valence-corrected chi connectivity index (χ2v) is 4.44. The molecule has 0 aliphatic carbocycles. The average Bonchev–Trinajstić information content (AvgIpc) is 3.27. The van der Waals surface area contributed by atoms with Gasteiger partial charge in [0.1, 0.15) is 12.4 Å². The second-order valence-electron chi connectivity index (χ2n) is 4.44. The van der Waals surface area contributed by atoms with Gasteiger partial charge in [0.25, 0.3) is 0 Å². The largest absolute Gasteiger partial charge is 0.467 e. The number of terminal acetylenes is 1. The molecule has 1 aromatic carbocycles. The number of rotatable bonds is 7. The van der Waals surface area contributed by atoms with Gasteiger partial charge < -0.3 is 14.2 Å². The smallest absolute Gasteiger partial charge is 0.442 e. The van der Waals surface area contributed by atoms with Crippen molar-refractivity contribution < 1.29 is 27.4 Å². The predicted molar refractivity (Wildman–Crippen MR) is 70.0 cm³/mol. The van der Waals surface area contributed by atoms with Crippen LogP contribution in [0.3, 0.4) is 0 Å². The third-order valence-electron chi connectivity index (χ3n) is 2.94. The fourth-order valence-corrected chi connectivity index (χ4v) is 1.81. The van der Waals surface area contributed by atoms with Crippen molar-refractivity contribution in [3.8, 4) is 18.1 Å². The van der Waals surface area contributed by atoms with Gasteiger partial charge in [-0.15, -0.1) is 16.7 Å². The molecule has 118 valence electrons. The van der Waals surface area contributed by atoms with Gasteiger partial charge in [0.2, 0.25) is 0 Å². The number of methoxy groups -OCH3 is 1. The molecule has 5 nitrogen and oxygen atoms in total. The standard InChI is InChI=1S/C14H13F3N2O3/c1-3-6-21-8-10-4-5-11(7-12(10)22-9-20-2)13(18-19-13)14(15,16)17/h1,4-5,7H,6,8-9H2,2H3. The number of halogens is 3.